The van der Waals surface area contributed by atoms with Crippen molar-refractivity contribution < 1.29 is 14.1 Å². The van der Waals surface area contributed by atoms with Crippen molar-refractivity contribution in [2.24, 2.45) is 0 Å². The minimum atomic E-state index is -0.434. The Hall–Kier alpha value is -3.79. The highest BCUT2D eigenvalue weighted by Gasteiger charge is 2.26. The van der Waals surface area contributed by atoms with Gasteiger partial charge in [-0.3, -0.25) is 4.90 Å². The van der Waals surface area contributed by atoms with Crippen LogP contribution in [-0.2, 0) is 17.8 Å². The van der Waals surface area contributed by atoms with Crippen LogP contribution in [0.25, 0.3) is 10.9 Å². The van der Waals surface area contributed by atoms with Gasteiger partial charge in [-0.1, -0.05) is 23.4 Å². The Labute approximate surface area is 209 Å². The third kappa shape index (κ3) is 5.08. The first-order chi connectivity index (χ1) is 17.5. The fraction of sp³-hybridized carbons (Fsp3) is 0.423. The molecular formula is C26H31N7O3. The molecule has 0 spiro atoms. The summed E-state index contributed by atoms with van der Waals surface area (Å²) in [5.74, 6) is 1.59. The second-order valence-electron chi connectivity index (χ2n) is 9.22. The van der Waals surface area contributed by atoms with Gasteiger partial charge in [-0.2, -0.15) is 4.98 Å². The summed E-state index contributed by atoms with van der Waals surface area (Å²) in [7, 11) is 1.84. The molecule has 1 N–H and O–H groups in total. The van der Waals surface area contributed by atoms with Gasteiger partial charge in [0.25, 0.3) is 0 Å². The highest BCUT2D eigenvalue weighted by molar-refractivity contribution is 5.88. The molecule has 3 aromatic heterocycles. The minimum absolute atomic E-state index is 0.285. The van der Waals surface area contributed by atoms with Crippen LogP contribution in [0.3, 0.4) is 0 Å². The molecule has 0 unspecified atom stereocenters. The first-order valence-electron chi connectivity index (χ1n) is 12.3. The monoisotopic (exact) mass is 489 g/mol. The SMILES string of the molecule is CCOC(=O)c1cnc(N(C)Cc2nc(C3CCN(Cc4c(C)[nH]c5ccccc45)CC3)no2)nc1. The Morgan fingerprint density at radius 2 is 1.97 bits per heavy atom. The highest BCUT2D eigenvalue weighted by Crippen LogP contribution is 2.29. The van der Waals surface area contributed by atoms with Crippen molar-refractivity contribution in [3.63, 3.8) is 0 Å². The summed E-state index contributed by atoms with van der Waals surface area (Å²) in [6.07, 6.45) is 4.91. The number of aryl methyl sites for hydroxylation is 1. The maximum Gasteiger partial charge on any atom is 0.341 e. The molecule has 0 aliphatic carbocycles. The molecule has 1 saturated heterocycles. The molecule has 4 aromatic rings. The predicted octanol–water partition coefficient (Wildman–Crippen LogP) is 3.84. The normalized spacial score (nSPS) is 14.9. The van der Waals surface area contributed by atoms with Gasteiger partial charge in [-0.25, -0.2) is 14.8 Å². The van der Waals surface area contributed by atoms with Gasteiger partial charge >= 0.3 is 5.97 Å². The summed E-state index contributed by atoms with van der Waals surface area (Å²) in [6.45, 7) is 7.53. The Bertz CT molecular complexity index is 1320. The van der Waals surface area contributed by atoms with E-state index < -0.39 is 5.97 Å². The van der Waals surface area contributed by atoms with Gasteiger partial charge in [0.2, 0.25) is 11.8 Å². The lowest BCUT2D eigenvalue weighted by atomic mass is 9.95. The van der Waals surface area contributed by atoms with Gasteiger partial charge in [-0.15, -0.1) is 0 Å². The van der Waals surface area contributed by atoms with Gasteiger partial charge < -0.3 is 19.1 Å². The van der Waals surface area contributed by atoms with E-state index in [-0.39, 0.29) is 5.92 Å². The van der Waals surface area contributed by atoms with Crippen molar-refractivity contribution in [3.05, 3.63) is 65.2 Å². The van der Waals surface area contributed by atoms with Crippen LogP contribution in [0.1, 0.15) is 59.0 Å². The number of rotatable bonds is 8. The molecule has 1 fully saturated rings. The lowest BCUT2D eigenvalue weighted by Gasteiger charge is -2.30. The number of anilines is 1. The summed E-state index contributed by atoms with van der Waals surface area (Å²) >= 11 is 0. The number of benzene rings is 1. The number of carbonyl (C=O) groups is 1. The Morgan fingerprint density at radius 3 is 2.72 bits per heavy atom. The number of aromatic amines is 1. The number of hydrogen-bond donors (Lipinski definition) is 1. The number of carbonyl (C=O) groups excluding carboxylic acids is 1. The lowest BCUT2D eigenvalue weighted by Crippen LogP contribution is -2.33. The average Bonchev–Trinajstić information content (AvgIpc) is 3.49. The number of H-pyrrole nitrogens is 1. The molecule has 1 aliphatic rings. The Balaban J connectivity index is 1.15. The molecule has 0 atom stereocenters. The first kappa shape index (κ1) is 23.9. The van der Waals surface area contributed by atoms with Crippen molar-refractivity contribution in [2.45, 2.75) is 45.7 Å². The second-order valence-corrected chi connectivity index (χ2v) is 9.22. The molecule has 10 heteroatoms. The Morgan fingerprint density at radius 1 is 1.22 bits per heavy atom. The number of piperidine rings is 1. The largest absolute Gasteiger partial charge is 0.462 e. The number of fused-ring (bicyclic) bond motifs is 1. The van der Waals surface area contributed by atoms with Gasteiger partial charge in [0, 0.05) is 48.5 Å². The van der Waals surface area contributed by atoms with E-state index in [1.807, 2.05) is 7.05 Å². The number of para-hydroxylation sites is 1. The summed E-state index contributed by atoms with van der Waals surface area (Å²) < 4.78 is 10.5. The number of nitrogens with zero attached hydrogens (tertiary/aromatic N) is 6. The van der Waals surface area contributed by atoms with E-state index in [9.17, 15) is 4.79 Å². The number of aromatic nitrogens is 5. The molecule has 36 heavy (non-hydrogen) atoms. The third-order valence-corrected chi connectivity index (χ3v) is 6.71. The standard InChI is InChI=1S/C26H31N7O3/c1-4-35-25(34)19-13-27-26(28-14-19)32(3)16-23-30-24(31-36-23)18-9-11-33(12-10-18)15-21-17(2)29-22-8-6-5-7-20(21)22/h5-8,13-14,18,29H,4,9-12,15-16H2,1-3H3. The minimum Gasteiger partial charge on any atom is -0.462 e. The smallest absolute Gasteiger partial charge is 0.341 e. The number of esters is 1. The average molecular weight is 490 g/mol. The maximum absolute atomic E-state index is 11.8. The molecule has 5 rings (SSSR count). The zero-order valence-corrected chi connectivity index (χ0v) is 20.9. The summed E-state index contributed by atoms with van der Waals surface area (Å²) in [5, 5.41) is 5.57. The second kappa shape index (κ2) is 10.4. The number of ether oxygens (including phenoxy) is 1. The third-order valence-electron chi connectivity index (χ3n) is 6.71. The van der Waals surface area contributed by atoms with E-state index in [0.717, 1.165) is 38.3 Å². The van der Waals surface area contributed by atoms with Crippen molar-refractivity contribution in [3.8, 4) is 0 Å². The molecule has 0 saturated carbocycles. The summed E-state index contributed by atoms with van der Waals surface area (Å²) in [5.41, 5.74) is 4.14. The zero-order chi connectivity index (χ0) is 25.1. The number of likely N-dealkylation sites (tertiary alicyclic amines) is 1. The van der Waals surface area contributed by atoms with Crippen LogP contribution in [0.4, 0.5) is 5.95 Å². The van der Waals surface area contributed by atoms with Crippen molar-refractivity contribution >= 4 is 22.8 Å². The van der Waals surface area contributed by atoms with Crippen LogP contribution in [0.5, 0.6) is 0 Å². The van der Waals surface area contributed by atoms with Crippen LogP contribution in [0.2, 0.25) is 0 Å². The van der Waals surface area contributed by atoms with E-state index in [2.05, 4.69) is 61.2 Å². The van der Waals surface area contributed by atoms with Crippen LogP contribution in [0.15, 0.2) is 41.2 Å². The van der Waals surface area contributed by atoms with Crippen LogP contribution in [0, 0.1) is 6.92 Å². The number of hydrogen-bond acceptors (Lipinski definition) is 9. The predicted molar refractivity (Wildman–Crippen MR) is 135 cm³/mol. The lowest BCUT2D eigenvalue weighted by molar-refractivity contribution is 0.0525. The van der Waals surface area contributed by atoms with Gasteiger partial charge in [0.15, 0.2) is 5.82 Å². The van der Waals surface area contributed by atoms with Gasteiger partial charge in [0.1, 0.15) is 0 Å². The van der Waals surface area contributed by atoms with Crippen molar-refractivity contribution in [1.29, 1.82) is 0 Å². The zero-order valence-electron chi connectivity index (χ0n) is 20.9. The quantitative estimate of drug-likeness (QED) is 0.369. The molecule has 0 radical (unpaired) electrons. The van der Waals surface area contributed by atoms with Gasteiger partial charge in [0.05, 0.1) is 18.7 Å². The molecule has 10 nitrogen and oxygen atoms in total. The van der Waals surface area contributed by atoms with Crippen LogP contribution < -0.4 is 4.90 Å². The van der Waals surface area contributed by atoms with Crippen molar-refractivity contribution in [2.75, 3.05) is 31.6 Å². The van der Waals surface area contributed by atoms with Crippen LogP contribution in [-0.4, -0.2) is 62.7 Å². The van der Waals surface area contributed by atoms with E-state index in [1.165, 1.54) is 34.6 Å². The first-order valence-corrected chi connectivity index (χ1v) is 12.3. The molecule has 1 aromatic carbocycles. The maximum atomic E-state index is 11.8. The topological polar surface area (TPSA) is 113 Å². The van der Waals surface area contributed by atoms with Crippen molar-refractivity contribution in [1.82, 2.24) is 30.0 Å². The molecule has 0 bridgehead atoms. The highest BCUT2D eigenvalue weighted by atomic mass is 16.5. The fourth-order valence-corrected chi connectivity index (χ4v) is 4.72. The number of nitrogens with one attached hydrogen (secondary N) is 1. The summed E-state index contributed by atoms with van der Waals surface area (Å²) in [4.78, 5) is 32.8. The Kier molecular flexibility index (Phi) is 6.95. The van der Waals surface area contributed by atoms with Crippen LogP contribution >= 0.6 is 0 Å². The fourth-order valence-electron chi connectivity index (χ4n) is 4.72. The molecule has 188 valence electrons. The molecular weight excluding hydrogens is 458 g/mol. The molecule has 1 aliphatic heterocycles. The van der Waals surface area contributed by atoms with E-state index in [1.54, 1.807) is 11.8 Å². The molecule has 0 amide bonds. The van der Waals surface area contributed by atoms with E-state index >= 15 is 0 Å². The molecule has 4 heterocycles. The van der Waals surface area contributed by atoms with Gasteiger partial charge in [-0.05, 0) is 51.4 Å². The van der Waals surface area contributed by atoms with E-state index in [4.69, 9.17) is 9.26 Å². The summed E-state index contributed by atoms with van der Waals surface area (Å²) in [6, 6.07) is 8.49. The van der Waals surface area contributed by atoms with E-state index in [0.29, 0.717) is 30.6 Å².